The minimum atomic E-state index is -0.326. The van der Waals surface area contributed by atoms with Crippen LogP contribution in [0.15, 0.2) is 0 Å². The number of rotatable bonds is 6. The number of amides is 1. The van der Waals surface area contributed by atoms with Crippen molar-refractivity contribution in [3.8, 4) is 0 Å². The lowest BCUT2D eigenvalue weighted by Gasteiger charge is -2.36. The lowest BCUT2D eigenvalue weighted by atomic mass is 9.89. The molecule has 0 aromatic rings. The second kappa shape index (κ2) is 7.41. The molecule has 1 N–H and O–H groups in total. The third-order valence-corrected chi connectivity index (χ3v) is 4.68. The Hall–Kier alpha value is -0.610. The van der Waals surface area contributed by atoms with Crippen LogP contribution in [0.3, 0.4) is 0 Å². The monoisotopic (exact) mass is 283 g/mol. The van der Waals surface area contributed by atoms with Crippen molar-refractivity contribution in [1.29, 1.82) is 0 Å². The van der Waals surface area contributed by atoms with Gasteiger partial charge in [-0.1, -0.05) is 26.7 Å². The summed E-state index contributed by atoms with van der Waals surface area (Å²) in [6, 6.07) is 0.302. The lowest BCUT2D eigenvalue weighted by Crippen LogP contribution is -2.45. The van der Waals surface area contributed by atoms with Crippen molar-refractivity contribution >= 4 is 5.91 Å². The average molecular weight is 283 g/mol. The molecule has 1 aliphatic heterocycles. The number of hydrogen-bond acceptors (Lipinski definition) is 3. The van der Waals surface area contributed by atoms with E-state index in [1.807, 2.05) is 0 Å². The standard InChI is InChI=1S/C16H29NO3/c1-3-5-6-13(4-2)15(18)17-14-7-9-16(10-8-14)19-11-12-20-16/h13-14H,3-12H2,1-2H3,(H,17,18). The number of carbonyl (C=O) groups is 1. The van der Waals surface area contributed by atoms with Crippen LogP contribution in [0.25, 0.3) is 0 Å². The van der Waals surface area contributed by atoms with E-state index in [9.17, 15) is 4.79 Å². The van der Waals surface area contributed by atoms with Crippen molar-refractivity contribution in [3.63, 3.8) is 0 Å². The van der Waals surface area contributed by atoms with Gasteiger partial charge in [0.2, 0.25) is 5.91 Å². The third kappa shape index (κ3) is 3.95. The van der Waals surface area contributed by atoms with Crippen LogP contribution in [0.1, 0.15) is 65.2 Å². The Morgan fingerprint density at radius 2 is 1.90 bits per heavy atom. The number of unbranched alkanes of at least 4 members (excludes halogenated alkanes) is 1. The van der Waals surface area contributed by atoms with Gasteiger partial charge in [-0.25, -0.2) is 0 Å². The molecule has 2 fully saturated rings. The molecule has 0 radical (unpaired) electrons. The zero-order chi connectivity index (χ0) is 14.4. The predicted octanol–water partition coefficient (Wildman–Crippen LogP) is 3.00. The van der Waals surface area contributed by atoms with Crippen LogP contribution < -0.4 is 5.32 Å². The van der Waals surface area contributed by atoms with E-state index in [1.165, 1.54) is 0 Å². The molecule has 2 aliphatic rings. The van der Waals surface area contributed by atoms with Gasteiger partial charge in [-0.2, -0.15) is 0 Å². The Morgan fingerprint density at radius 1 is 1.25 bits per heavy atom. The molecule has 2 rings (SSSR count). The Morgan fingerprint density at radius 3 is 2.45 bits per heavy atom. The fraction of sp³-hybridized carbons (Fsp3) is 0.938. The van der Waals surface area contributed by atoms with Crippen LogP contribution in [0, 0.1) is 5.92 Å². The van der Waals surface area contributed by atoms with E-state index in [-0.39, 0.29) is 17.6 Å². The number of hydrogen-bond donors (Lipinski definition) is 1. The molecule has 0 aromatic heterocycles. The smallest absolute Gasteiger partial charge is 0.223 e. The maximum atomic E-state index is 12.3. The van der Waals surface area contributed by atoms with Gasteiger partial charge in [0.25, 0.3) is 0 Å². The molecular formula is C16H29NO3. The van der Waals surface area contributed by atoms with Gasteiger partial charge in [0.1, 0.15) is 0 Å². The number of nitrogens with one attached hydrogen (secondary N) is 1. The zero-order valence-electron chi connectivity index (χ0n) is 13.0. The van der Waals surface area contributed by atoms with Gasteiger partial charge < -0.3 is 14.8 Å². The number of ether oxygens (including phenoxy) is 2. The first-order valence-corrected chi connectivity index (χ1v) is 8.27. The Balaban J connectivity index is 1.75. The molecule has 1 atom stereocenters. The van der Waals surface area contributed by atoms with Gasteiger partial charge in [-0.05, 0) is 25.7 Å². The van der Waals surface area contributed by atoms with Crippen LogP contribution in [-0.4, -0.2) is 30.9 Å². The van der Waals surface area contributed by atoms with Gasteiger partial charge in [0, 0.05) is 24.8 Å². The molecule has 1 aliphatic carbocycles. The van der Waals surface area contributed by atoms with Crippen molar-refractivity contribution in [3.05, 3.63) is 0 Å². The second-order valence-corrected chi connectivity index (χ2v) is 6.14. The van der Waals surface area contributed by atoms with E-state index in [0.29, 0.717) is 19.3 Å². The SMILES string of the molecule is CCCCC(CC)C(=O)NC1CCC2(CC1)OCCO2. The van der Waals surface area contributed by atoms with Gasteiger partial charge in [0.05, 0.1) is 13.2 Å². The summed E-state index contributed by atoms with van der Waals surface area (Å²) in [6.07, 6.45) is 8.00. The zero-order valence-corrected chi connectivity index (χ0v) is 13.0. The molecule has 4 heteroatoms. The molecule has 1 heterocycles. The normalized spacial score (nSPS) is 23.9. The van der Waals surface area contributed by atoms with Crippen molar-refractivity contribution in [2.75, 3.05) is 13.2 Å². The molecule has 1 saturated carbocycles. The van der Waals surface area contributed by atoms with Crippen molar-refractivity contribution in [2.45, 2.75) is 77.0 Å². The summed E-state index contributed by atoms with van der Waals surface area (Å²) in [5.41, 5.74) is 0. The minimum absolute atomic E-state index is 0.185. The van der Waals surface area contributed by atoms with E-state index in [0.717, 1.165) is 51.4 Å². The van der Waals surface area contributed by atoms with Gasteiger partial charge >= 0.3 is 0 Å². The molecule has 1 unspecified atom stereocenters. The van der Waals surface area contributed by atoms with Crippen LogP contribution in [0.2, 0.25) is 0 Å². The largest absolute Gasteiger partial charge is 0.353 e. The topological polar surface area (TPSA) is 47.6 Å². The van der Waals surface area contributed by atoms with Crippen molar-refractivity contribution in [1.82, 2.24) is 5.32 Å². The van der Waals surface area contributed by atoms with E-state index in [1.54, 1.807) is 0 Å². The van der Waals surface area contributed by atoms with Crippen LogP contribution in [0.5, 0.6) is 0 Å². The second-order valence-electron chi connectivity index (χ2n) is 6.14. The first-order valence-electron chi connectivity index (χ1n) is 8.27. The Labute approximate surface area is 122 Å². The summed E-state index contributed by atoms with van der Waals surface area (Å²) in [5.74, 6) is 0.105. The highest BCUT2D eigenvalue weighted by atomic mass is 16.7. The van der Waals surface area contributed by atoms with Crippen LogP contribution >= 0.6 is 0 Å². The average Bonchev–Trinajstić information content (AvgIpc) is 2.91. The molecule has 4 nitrogen and oxygen atoms in total. The molecule has 0 aromatic carbocycles. The van der Waals surface area contributed by atoms with Gasteiger partial charge in [-0.3, -0.25) is 4.79 Å². The molecule has 0 bridgehead atoms. The van der Waals surface area contributed by atoms with E-state index >= 15 is 0 Å². The molecule has 116 valence electrons. The van der Waals surface area contributed by atoms with Crippen molar-refractivity contribution in [2.24, 2.45) is 5.92 Å². The summed E-state index contributed by atoms with van der Waals surface area (Å²) < 4.78 is 11.4. The van der Waals surface area contributed by atoms with Crippen LogP contribution in [-0.2, 0) is 14.3 Å². The summed E-state index contributed by atoms with van der Waals surface area (Å²) in [5, 5.41) is 3.24. The fourth-order valence-electron chi connectivity index (χ4n) is 3.28. The maximum absolute atomic E-state index is 12.3. The fourth-order valence-corrected chi connectivity index (χ4v) is 3.28. The van der Waals surface area contributed by atoms with E-state index in [4.69, 9.17) is 9.47 Å². The van der Waals surface area contributed by atoms with E-state index in [2.05, 4.69) is 19.2 Å². The Kier molecular flexibility index (Phi) is 5.85. The quantitative estimate of drug-likeness (QED) is 0.815. The summed E-state index contributed by atoms with van der Waals surface area (Å²) in [6.45, 7) is 5.71. The molecule has 1 amide bonds. The third-order valence-electron chi connectivity index (χ3n) is 4.68. The molecule has 1 spiro atoms. The molecular weight excluding hydrogens is 254 g/mol. The minimum Gasteiger partial charge on any atom is -0.353 e. The van der Waals surface area contributed by atoms with E-state index < -0.39 is 0 Å². The molecule has 20 heavy (non-hydrogen) atoms. The first-order chi connectivity index (χ1) is 9.69. The first kappa shape index (κ1) is 15.8. The highest BCUT2D eigenvalue weighted by Gasteiger charge is 2.40. The number of carbonyl (C=O) groups excluding carboxylic acids is 1. The Bertz CT molecular complexity index is 303. The molecule has 1 saturated heterocycles. The van der Waals surface area contributed by atoms with Gasteiger partial charge in [-0.15, -0.1) is 0 Å². The van der Waals surface area contributed by atoms with Crippen LogP contribution in [0.4, 0.5) is 0 Å². The van der Waals surface area contributed by atoms with Gasteiger partial charge in [0.15, 0.2) is 5.79 Å². The maximum Gasteiger partial charge on any atom is 0.223 e. The summed E-state index contributed by atoms with van der Waals surface area (Å²) >= 11 is 0. The summed E-state index contributed by atoms with van der Waals surface area (Å²) in [7, 11) is 0. The summed E-state index contributed by atoms with van der Waals surface area (Å²) in [4.78, 5) is 12.3. The highest BCUT2D eigenvalue weighted by Crippen LogP contribution is 2.35. The lowest BCUT2D eigenvalue weighted by molar-refractivity contribution is -0.180. The van der Waals surface area contributed by atoms with Crippen molar-refractivity contribution < 1.29 is 14.3 Å². The predicted molar refractivity (Wildman–Crippen MR) is 78.3 cm³/mol. The highest BCUT2D eigenvalue weighted by molar-refractivity contribution is 5.78.